The number of amides is 2. The van der Waals surface area contributed by atoms with E-state index in [9.17, 15) is 9.59 Å². The molecule has 0 spiro atoms. The number of hydrogen-bond acceptors (Lipinski definition) is 5. The topological polar surface area (TPSA) is 88.7 Å². The fraction of sp³-hybridized carbons (Fsp3) is 0.231. The van der Waals surface area contributed by atoms with E-state index in [1.54, 1.807) is 42.5 Å². The van der Waals surface area contributed by atoms with E-state index in [1.807, 2.05) is 36.4 Å². The summed E-state index contributed by atoms with van der Waals surface area (Å²) in [6.45, 7) is 1.34. The Morgan fingerprint density at radius 3 is 2.45 bits per heavy atom. The number of benzene rings is 3. The summed E-state index contributed by atoms with van der Waals surface area (Å²) in [7, 11) is 0. The Morgan fingerprint density at radius 2 is 1.70 bits per heavy atom. The Kier molecular flexibility index (Phi) is 7.56. The first kappa shape index (κ1) is 22.4. The van der Waals surface area contributed by atoms with Crippen molar-refractivity contribution < 1.29 is 19.1 Å². The molecule has 1 fully saturated rings. The number of hydrogen-bond donors (Lipinski definition) is 3. The largest absolute Gasteiger partial charge is 0.457 e. The molecule has 0 bridgehead atoms. The standard InChI is InChI=1S/C26H27N3O4/c30-25(29-20-11-13-23(14-12-20)33-22-8-2-1-3-9-22)18-27-21-7-4-6-19(16-21)26(31)28-17-24-10-5-15-32-24/h1-4,6-9,11-14,16,24,27H,5,10,15,17-18H2,(H,28,31)(H,29,30). The molecule has 0 radical (unpaired) electrons. The van der Waals surface area contributed by atoms with Crippen LogP contribution in [0.15, 0.2) is 78.9 Å². The maximum Gasteiger partial charge on any atom is 0.251 e. The van der Waals surface area contributed by atoms with E-state index in [4.69, 9.17) is 9.47 Å². The predicted octanol–water partition coefficient (Wildman–Crippen LogP) is 4.44. The van der Waals surface area contributed by atoms with Gasteiger partial charge >= 0.3 is 0 Å². The summed E-state index contributed by atoms with van der Waals surface area (Å²) in [6.07, 6.45) is 2.10. The van der Waals surface area contributed by atoms with Crippen LogP contribution in [0.3, 0.4) is 0 Å². The van der Waals surface area contributed by atoms with Crippen LogP contribution in [0, 0.1) is 0 Å². The van der Waals surface area contributed by atoms with E-state index in [0.29, 0.717) is 29.2 Å². The summed E-state index contributed by atoms with van der Waals surface area (Å²) >= 11 is 0. The van der Waals surface area contributed by atoms with Crippen LogP contribution in [0.5, 0.6) is 11.5 Å². The Bertz CT molecular complexity index is 1060. The monoisotopic (exact) mass is 445 g/mol. The van der Waals surface area contributed by atoms with E-state index in [-0.39, 0.29) is 24.5 Å². The van der Waals surface area contributed by atoms with Gasteiger partial charge < -0.3 is 25.4 Å². The lowest BCUT2D eigenvalue weighted by atomic mass is 10.1. The van der Waals surface area contributed by atoms with Crippen LogP contribution in [0.25, 0.3) is 0 Å². The van der Waals surface area contributed by atoms with Crippen LogP contribution in [0.1, 0.15) is 23.2 Å². The second-order valence-electron chi connectivity index (χ2n) is 7.77. The van der Waals surface area contributed by atoms with Crippen LogP contribution in [0.2, 0.25) is 0 Å². The first-order valence-corrected chi connectivity index (χ1v) is 11.0. The molecule has 33 heavy (non-hydrogen) atoms. The van der Waals surface area contributed by atoms with Gasteiger partial charge in [-0.3, -0.25) is 9.59 Å². The molecule has 1 heterocycles. The normalized spacial score (nSPS) is 15.0. The number of nitrogens with one attached hydrogen (secondary N) is 3. The number of para-hydroxylation sites is 1. The van der Waals surface area contributed by atoms with Crippen molar-refractivity contribution >= 4 is 23.2 Å². The van der Waals surface area contributed by atoms with Crippen molar-refractivity contribution in [2.75, 3.05) is 30.3 Å². The van der Waals surface area contributed by atoms with E-state index < -0.39 is 0 Å². The Morgan fingerprint density at radius 1 is 0.909 bits per heavy atom. The van der Waals surface area contributed by atoms with Crippen LogP contribution in [0.4, 0.5) is 11.4 Å². The predicted molar refractivity (Wildman–Crippen MR) is 128 cm³/mol. The van der Waals surface area contributed by atoms with Crippen molar-refractivity contribution in [1.29, 1.82) is 0 Å². The second kappa shape index (κ2) is 11.2. The van der Waals surface area contributed by atoms with Gasteiger partial charge in [0.25, 0.3) is 5.91 Å². The highest BCUT2D eigenvalue weighted by atomic mass is 16.5. The lowest BCUT2D eigenvalue weighted by Crippen LogP contribution is -2.31. The third-order valence-corrected chi connectivity index (χ3v) is 5.21. The average Bonchev–Trinajstić information content (AvgIpc) is 3.37. The first-order valence-electron chi connectivity index (χ1n) is 11.0. The van der Waals surface area contributed by atoms with Gasteiger partial charge in [0.15, 0.2) is 0 Å². The molecular weight excluding hydrogens is 418 g/mol. The van der Waals surface area contributed by atoms with Crippen LogP contribution in [-0.2, 0) is 9.53 Å². The molecule has 1 aliphatic heterocycles. The first-order chi connectivity index (χ1) is 16.2. The molecule has 1 aliphatic rings. The zero-order chi connectivity index (χ0) is 22.9. The molecule has 3 aromatic carbocycles. The molecule has 0 aliphatic carbocycles. The van der Waals surface area contributed by atoms with Crippen molar-refractivity contribution in [3.05, 3.63) is 84.4 Å². The second-order valence-corrected chi connectivity index (χ2v) is 7.77. The minimum Gasteiger partial charge on any atom is -0.457 e. The van der Waals surface area contributed by atoms with Gasteiger partial charge in [-0.15, -0.1) is 0 Å². The molecule has 3 aromatic rings. The van der Waals surface area contributed by atoms with E-state index in [0.717, 1.165) is 25.2 Å². The minimum atomic E-state index is -0.194. The van der Waals surface area contributed by atoms with Crippen molar-refractivity contribution in [3.63, 3.8) is 0 Å². The van der Waals surface area contributed by atoms with E-state index >= 15 is 0 Å². The number of rotatable bonds is 9. The maximum atomic E-state index is 12.4. The Balaban J connectivity index is 1.24. The minimum absolute atomic E-state index is 0.0727. The highest BCUT2D eigenvalue weighted by Gasteiger charge is 2.16. The molecule has 170 valence electrons. The molecule has 2 amide bonds. The Hall–Kier alpha value is -3.84. The van der Waals surface area contributed by atoms with E-state index in [2.05, 4.69) is 16.0 Å². The molecule has 1 atom stereocenters. The molecule has 1 saturated heterocycles. The quantitative estimate of drug-likeness (QED) is 0.453. The van der Waals surface area contributed by atoms with Gasteiger partial charge in [0.2, 0.25) is 5.91 Å². The molecule has 7 nitrogen and oxygen atoms in total. The van der Waals surface area contributed by atoms with Gasteiger partial charge in [0.05, 0.1) is 12.6 Å². The molecule has 4 rings (SSSR count). The molecule has 0 aromatic heterocycles. The highest BCUT2D eigenvalue weighted by molar-refractivity contribution is 5.96. The van der Waals surface area contributed by atoms with Crippen molar-refractivity contribution in [1.82, 2.24) is 5.32 Å². The highest BCUT2D eigenvalue weighted by Crippen LogP contribution is 2.22. The molecule has 7 heteroatoms. The number of ether oxygens (including phenoxy) is 2. The van der Waals surface area contributed by atoms with Crippen molar-refractivity contribution in [2.45, 2.75) is 18.9 Å². The summed E-state index contributed by atoms with van der Waals surface area (Å²) in [5, 5.41) is 8.81. The van der Waals surface area contributed by atoms with Gasteiger partial charge in [-0.05, 0) is 67.4 Å². The third kappa shape index (κ3) is 6.82. The van der Waals surface area contributed by atoms with Crippen molar-refractivity contribution in [3.8, 4) is 11.5 Å². The zero-order valence-corrected chi connectivity index (χ0v) is 18.3. The number of carbonyl (C=O) groups is 2. The lowest BCUT2D eigenvalue weighted by Gasteiger charge is -2.12. The third-order valence-electron chi connectivity index (χ3n) is 5.21. The summed E-state index contributed by atoms with van der Waals surface area (Å²) < 4.78 is 11.3. The SMILES string of the molecule is O=C(CNc1cccc(C(=O)NCC2CCCO2)c1)Nc1ccc(Oc2ccccc2)cc1. The number of carbonyl (C=O) groups excluding carboxylic acids is 2. The summed E-state index contributed by atoms with van der Waals surface area (Å²) in [6, 6.07) is 23.8. The smallest absolute Gasteiger partial charge is 0.251 e. The molecular formula is C26H27N3O4. The van der Waals surface area contributed by atoms with Crippen LogP contribution in [-0.4, -0.2) is 37.6 Å². The Labute approximate surface area is 193 Å². The summed E-state index contributed by atoms with van der Waals surface area (Å²) in [5.74, 6) is 1.09. The van der Waals surface area contributed by atoms with Crippen LogP contribution >= 0.6 is 0 Å². The van der Waals surface area contributed by atoms with Gasteiger partial charge in [0, 0.05) is 30.1 Å². The van der Waals surface area contributed by atoms with E-state index in [1.165, 1.54) is 0 Å². The molecule has 0 saturated carbocycles. The van der Waals surface area contributed by atoms with Gasteiger partial charge in [-0.2, -0.15) is 0 Å². The summed E-state index contributed by atoms with van der Waals surface area (Å²) in [5.41, 5.74) is 1.90. The van der Waals surface area contributed by atoms with Gasteiger partial charge in [-0.25, -0.2) is 0 Å². The van der Waals surface area contributed by atoms with Gasteiger partial charge in [0.1, 0.15) is 11.5 Å². The zero-order valence-electron chi connectivity index (χ0n) is 18.3. The van der Waals surface area contributed by atoms with Crippen molar-refractivity contribution in [2.24, 2.45) is 0 Å². The average molecular weight is 446 g/mol. The molecule has 1 unspecified atom stereocenters. The fourth-order valence-electron chi connectivity index (χ4n) is 3.50. The number of anilines is 2. The molecule has 3 N–H and O–H groups in total. The lowest BCUT2D eigenvalue weighted by molar-refractivity contribution is -0.114. The maximum absolute atomic E-state index is 12.4. The summed E-state index contributed by atoms with van der Waals surface area (Å²) in [4.78, 5) is 24.7. The fourth-order valence-corrected chi connectivity index (χ4v) is 3.50. The van der Waals surface area contributed by atoms with Gasteiger partial charge in [-0.1, -0.05) is 24.3 Å². The van der Waals surface area contributed by atoms with Crippen LogP contribution < -0.4 is 20.7 Å².